The molecule has 2 saturated heterocycles. The fourth-order valence-corrected chi connectivity index (χ4v) is 3.93. The summed E-state index contributed by atoms with van der Waals surface area (Å²) in [4.78, 5) is 28.9. The molecule has 146 valence electrons. The number of hydrogen-bond acceptors (Lipinski definition) is 3. The van der Waals surface area contributed by atoms with E-state index in [1.165, 1.54) is 0 Å². The van der Waals surface area contributed by atoms with Gasteiger partial charge in [-0.25, -0.2) is 0 Å². The van der Waals surface area contributed by atoms with Crippen molar-refractivity contribution in [3.8, 4) is 5.75 Å². The van der Waals surface area contributed by atoms with Crippen molar-refractivity contribution in [1.29, 1.82) is 0 Å². The minimum atomic E-state index is 0.0608. The van der Waals surface area contributed by atoms with Gasteiger partial charge in [-0.1, -0.05) is 18.7 Å². The van der Waals surface area contributed by atoms with Crippen molar-refractivity contribution in [1.82, 2.24) is 9.80 Å². The average Bonchev–Trinajstić information content (AvgIpc) is 3.25. The molecule has 2 aliphatic heterocycles. The Labute approximate surface area is 162 Å². The van der Waals surface area contributed by atoms with Crippen molar-refractivity contribution in [3.63, 3.8) is 0 Å². The highest BCUT2D eigenvalue weighted by Gasteiger charge is 2.25. The van der Waals surface area contributed by atoms with Gasteiger partial charge in [-0.05, 0) is 56.2 Å². The molecule has 0 saturated carbocycles. The molecule has 2 heterocycles. The fraction of sp³-hybridized carbons (Fsp3) is 0.545. The van der Waals surface area contributed by atoms with E-state index in [0.717, 1.165) is 58.3 Å². The number of rotatable bonds is 7. The second-order valence-corrected chi connectivity index (χ2v) is 7.49. The van der Waals surface area contributed by atoms with Gasteiger partial charge in [0.1, 0.15) is 12.4 Å². The van der Waals surface area contributed by atoms with Crippen LogP contribution in [-0.4, -0.2) is 54.4 Å². The van der Waals surface area contributed by atoms with E-state index in [1.54, 1.807) is 12.1 Å². The predicted molar refractivity (Wildman–Crippen MR) is 106 cm³/mol. The van der Waals surface area contributed by atoms with Gasteiger partial charge >= 0.3 is 0 Å². The van der Waals surface area contributed by atoms with Crippen LogP contribution in [0.4, 0.5) is 0 Å². The summed E-state index contributed by atoms with van der Waals surface area (Å²) in [5, 5.41) is 0. The highest BCUT2D eigenvalue weighted by atomic mass is 16.5. The normalized spacial score (nSPS) is 17.8. The Morgan fingerprint density at radius 1 is 1.11 bits per heavy atom. The molecule has 0 aromatic heterocycles. The number of benzene rings is 1. The molecule has 0 aliphatic carbocycles. The molecule has 1 aromatic carbocycles. The second-order valence-electron chi connectivity index (χ2n) is 7.49. The Morgan fingerprint density at radius 2 is 1.85 bits per heavy atom. The number of ether oxygens (including phenoxy) is 1. The van der Waals surface area contributed by atoms with Gasteiger partial charge < -0.3 is 14.5 Å². The third-order valence-corrected chi connectivity index (χ3v) is 5.58. The molecule has 0 unspecified atom stereocenters. The second kappa shape index (κ2) is 9.58. The summed E-state index contributed by atoms with van der Waals surface area (Å²) >= 11 is 0. The molecule has 2 fully saturated rings. The monoisotopic (exact) mass is 370 g/mol. The zero-order valence-corrected chi connectivity index (χ0v) is 16.1. The highest BCUT2D eigenvalue weighted by Crippen LogP contribution is 2.25. The molecule has 0 atom stereocenters. The van der Waals surface area contributed by atoms with Crippen molar-refractivity contribution < 1.29 is 14.3 Å². The van der Waals surface area contributed by atoms with Crippen LogP contribution >= 0.6 is 0 Å². The largest absolute Gasteiger partial charge is 0.490 e. The summed E-state index contributed by atoms with van der Waals surface area (Å²) in [6.45, 7) is 7.46. The summed E-state index contributed by atoms with van der Waals surface area (Å²) in [5.74, 6) is 1.60. The summed E-state index contributed by atoms with van der Waals surface area (Å²) in [6, 6.07) is 7.34. The van der Waals surface area contributed by atoms with E-state index in [2.05, 4.69) is 6.58 Å². The number of nitrogens with zero attached hydrogens (tertiary/aromatic N) is 2. The standard InChI is InChI=1S/C22H30N2O3/c1-2-16-27-20-7-5-6-19(17-20)22(26)24-14-10-18(11-15-24)8-9-21(25)23-12-3-4-13-23/h2,5-7,17-18H,1,3-4,8-16H2. The Kier molecular flexibility index (Phi) is 6.91. The predicted octanol–water partition coefficient (Wildman–Crippen LogP) is 3.51. The van der Waals surface area contributed by atoms with E-state index in [-0.39, 0.29) is 5.91 Å². The molecular formula is C22H30N2O3. The summed E-state index contributed by atoms with van der Waals surface area (Å²) in [5.41, 5.74) is 0.666. The van der Waals surface area contributed by atoms with Crippen LogP contribution in [0.3, 0.4) is 0 Å². The first-order valence-corrected chi connectivity index (χ1v) is 10.1. The van der Waals surface area contributed by atoms with Crippen molar-refractivity contribution in [2.75, 3.05) is 32.8 Å². The molecule has 0 N–H and O–H groups in total. The third-order valence-electron chi connectivity index (χ3n) is 5.58. The smallest absolute Gasteiger partial charge is 0.253 e. The molecule has 0 spiro atoms. The lowest BCUT2D eigenvalue weighted by Crippen LogP contribution is -2.38. The van der Waals surface area contributed by atoms with Crippen molar-refractivity contribution in [2.45, 2.75) is 38.5 Å². The van der Waals surface area contributed by atoms with Crippen LogP contribution in [0.2, 0.25) is 0 Å². The van der Waals surface area contributed by atoms with Crippen LogP contribution in [0.15, 0.2) is 36.9 Å². The zero-order chi connectivity index (χ0) is 19.1. The summed E-state index contributed by atoms with van der Waals surface area (Å²) < 4.78 is 5.52. The molecule has 1 aromatic rings. The van der Waals surface area contributed by atoms with Gasteiger partial charge in [-0.3, -0.25) is 9.59 Å². The van der Waals surface area contributed by atoms with Crippen molar-refractivity contribution in [2.24, 2.45) is 5.92 Å². The molecule has 0 radical (unpaired) electrons. The molecule has 0 bridgehead atoms. The van der Waals surface area contributed by atoms with Crippen molar-refractivity contribution in [3.05, 3.63) is 42.5 Å². The maximum atomic E-state index is 12.8. The maximum Gasteiger partial charge on any atom is 0.253 e. The van der Waals surface area contributed by atoms with Crippen LogP contribution in [0.25, 0.3) is 0 Å². The SMILES string of the molecule is C=CCOc1cccc(C(=O)N2CCC(CCC(=O)N3CCCC3)CC2)c1. The van der Waals surface area contributed by atoms with Crippen molar-refractivity contribution >= 4 is 11.8 Å². The van der Waals surface area contributed by atoms with Gasteiger partial charge in [0.05, 0.1) is 0 Å². The van der Waals surface area contributed by atoms with Crippen LogP contribution in [-0.2, 0) is 4.79 Å². The van der Waals surface area contributed by atoms with E-state index in [4.69, 9.17) is 4.74 Å². The zero-order valence-electron chi connectivity index (χ0n) is 16.1. The number of piperidine rings is 1. The Balaban J connectivity index is 1.45. The maximum absolute atomic E-state index is 12.8. The van der Waals surface area contributed by atoms with E-state index in [1.807, 2.05) is 28.0 Å². The number of hydrogen-bond donors (Lipinski definition) is 0. The van der Waals surface area contributed by atoms with E-state index >= 15 is 0 Å². The number of carbonyl (C=O) groups is 2. The number of amides is 2. The number of carbonyl (C=O) groups excluding carboxylic acids is 2. The van der Waals surface area contributed by atoms with Crippen LogP contribution in [0.5, 0.6) is 5.75 Å². The van der Waals surface area contributed by atoms with Crippen LogP contribution in [0, 0.1) is 5.92 Å². The number of likely N-dealkylation sites (tertiary alicyclic amines) is 2. The lowest BCUT2D eigenvalue weighted by molar-refractivity contribution is -0.130. The van der Waals surface area contributed by atoms with Gasteiger partial charge in [-0.2, -0.15) is 0 Å². The summed E-state index contributed by atoms with van der Waals surface area (Å²) in [7, 11) is 0. The van der Waals surface area contributed by atoms with Gasteiger partial charge in [0.25, 0.3) is 5.91 Å². The first kappa shape index (κ1) is 19.5. The molecule has 27 heavy (non-hydrogen) atoms. The minimum absolute atomic E-state index is 0.0608. The van der Waals surface area contributed by atoms with Gasteiger partial charge in [0.2, 0.25) is 5.91 Å². The molecule has 3 rings (SSSR count). The first-order chi connectivity index (χ1) is 13.2. The van der Waals surface area contributed by atoms with E-state index < -0.39 is 0 Å². The van der Waals surface area contributed by atoms with Crippen LogP contribution < -0.4 is 4.74 Å². The minimum Gasteiger partial charge on any atom is -0.490 e. The van der Waals surface area contributed by atoms with E-state index in [0.29, 0.717) is 36.2 Å². The average molecular weight is 370 g/mol. The first-order valence-electron chi connectivity index (χ1n) is 10.1. The lowest BCUT2D eigenvalue weighted by atomic mass is 9.91. The molecular weight excluding hydrogens is 340 g/mol. The molecule has 2 aliphatic rings. The lowest BCUT2D eigenvalue weighted by Gasteiger charge is -2.32. The Bertz CT molecular complexity index is 659. The van der Waals surface area contributed by atoms with Gasteiger partial charge in [0.15, 0.2) is 0 Å². The van der Waals surface area contributed by atoms with Crippen LogP contribution in [0.1, 0.15) is 48.9 Å². The molecule has 5 nitrogen and oxygen atoms in total. The molecule has 2 amide bonds. The Hall–Kier alpha value is -2.30. The topological polar surface area (TPSA) is 49.9 Å². The molecule has 5 heteroatoms. The Morgan fingerprint density at radius 3 is 2.56 bits per heavy atom. The summed E-state index contributed by atoms with van der Waals surface area (Å²) in [6.07, 6.45) is 7.53. The van der Waals surface area contributed by atoms with Gasteiger partial charge in [0, 0.05) is 38.2 Å². The van der Waals surface area contributed by atoms with E-state index in [9.17, 15) is 9.59 Å². The highest BCUT2D eigenvalue weighted by molar-refractivity contribution is 5.94. The quantitative estimate of drug-likeness (QED) is 0.690. The fourth-order valence-electron chi connectivity index (χ4n) is 3.93. The third kappa shape index (κ3) is 5.34. The van der Waals surface area contributed by atoms with Gasteiger partial charge in [-0.15, -0.1) is 0 Å².